The molecule has 0 bridgehead atoms. The Kier molecular flexibility index (Phi) is 6.64. The number of carbonyl (C=O) groups is 2. The van der Waals surface area contributed by atoms with Crippen molar-refractivity contribution in [2.45, 2.75) is 26.7 Å². The first kappa shape index (κ1) is 23.2. The van der Waals surface area contributed by atoms with Crippen LogP contribution in [0.4, 0.5) is 11.4 Å². The summed E-state index contributed by atoms with van der Waals surface area (Å²) in [6, 6.07) is 22.0. The van der Waals surface area contributed by atoms with Crippen LogP contribution in [0.2, 0.25) is 0 Å². The molecule has 1 atom stereocenters. The molecule has 35 heavy (non-hydrogen) atoms. The van der Waals surface area contributed by atoms with E-state index in [9.17, 15) is 9.59 Å². The molecule has 0 radical (unpaired) electrons. The van der Waals surface area contributed by atoms with Crippen LogP contribution in [0.25, 0.3) is 10.8 Å². The molecule has 5 rings (SSSR count). The highest BCUT2D eigenvalue weighted by atomic mass is 16.2. The van der Waals surface area contributed by atoms with Crippen molar-refractivity contribution in [1.29, 1.82) is 0 Å². The average molecular weight is 469 g/mol. The van der Waals surface area contributed by atoms with E-state index in [-0.39, 0.29) is 17.7 Å². The monoisotopic (exact) mass is 468 g/mol. The normalized spacial score (nSPS) is 19.4. The highest BCUT2D eigenvalue weighted by molar-refractivity contribution is 6.54. The molecule has 1 saturated heterocycles. The number of hydrogen-bond donors (Lipinski definition) is 0. The first-order valence-corrected chi connectivity index (χ1v) is 12.6. The minimum absolute atomic E-state index is 0.0117. The molecule has 2 aliphatic rings. The molecular formula is C29H32N4O2. The summed E-state index contributed by atoms with van der Waals surface area (Å²) in [4.78, 5) is 37.3. The first-order valence-electron chi connectivity index (χ1n) is 12.6. The van der Waals surface area contributed by atoms with Gasteiger partial charge in [-0.15, -0.1) is 0 Å². The Morgan fingerprint density at radius 3 is 2.54 bits per heavy atom. The van der Waals surface area contributed by atoms with Gasteiger partial charge in [-0.05, 0) is 62.2 Å². The quantitative estimate of drug-likeness (QED) is 0.520. The first-order chi connectivity index (χ1) is 17.1. The summed E-state index contributed by atoms with van der Waals surface area (Å²) in [6.45, 7) is 7.55. The van der Waals surface area contributed by atoms with E-state index in [1.165, 1.54) is 0 Å². The van der Waals surface area contributed by atoms with Crippen LogP contribution in [0.5, 0.6) is 0 Å². The second-order valence-electron chi connectivity index (χ2n) is 9.31. The molecule has 180 valence electrons. The summed E-state index contributed by atoms with van der Waals surface area (Å²) >= 11 is 0. The van der Waals surface area contributed by atoms with E-state index in [2.05, 4.69) is 17.0 Å². The van der Waals surface area contributed by atoms with Crippen LogP contribution in [-0.4, -0.2) is 60.2 Å². The predicted octanol–water partition coefficient (Wildman–Crippen LogP) is 4.85. The third-order valence-corrected chi connectivity index (χ3v) is 7.14. The van der Waals surface area contributed by atoms with E-state index < -0.39 is 0 Å². The zero-order valence-electron chi connectivity index (χ0n) is 20.5. The van der Waals surface area contributed by atoms with Crippen molar-refractivity contribution in [3.8, 4) is 0 Å². The van der Waals surface area contributed by atoms with Gasteiger partial charge < -0.3 is 4.90 Å². The average Bonchev–Trinajstić information content (AvgIpc) is 3.15. The lowest BCUT2D eigenvalue weighted by Crippen LogP contribution is -2.49. The van der Waals surface area contributed by atoms with Gasteiger partial charge >= 0.3 is 0 Å². The van der Waals surface area contributed by atoms with Crippen LogP contribution >= 0.6 is 0 Å². The highest BCUT2D eigenvalue weighted by Crippen LogP contribution is 2.32. The molecule has 6 heteroatoms. The predicted molar refractivity (Wildman–Crippen MR) is 141 cm³/mol. The Balaban J connectivity index is 1.39. The van der Waals surface area contributed by atoms with Gasteiger partial charge in [0.2, 0.25) is 5.91 Å². The van der Waals surface area contributed by atoms with Gasteiger partial charge in [-0.2, -0.15) is 0 Å². The van der Waals surface area contributed by atoms with E-state index in [0.29, 0.717) is 18.9 Å². The second-order valence-corrected chi connectivity index (χ2v) is 9.31. The molecular weight excluding hydrogens is 436 g/mol. The fourth-order valence-corrected chi connectivity index (χ4v) is 5.26. The lowest BCUT2D eigenvalue weighted by molar-refractivity contribution is -0.136. The second kappa shape index (κ2) is 10.0. The van der Waals surface area contributed by atoms with E-state index in [1.54, 1.807) is 0 Å². The Morgan fingerprint density at radius 1 is 1.00 bits per heavy atom. The van der Waals surface area contributed by atoms with Crippen molar-refractivity contribution < 1.29 is 9.59 Å². The summed E-state index contributed by atoms with van der Waals surface area (Å²) in [6.07, 6.45) is 1.87. The van der Waals surface area contributed by atoms with Crippen molar-refractivity contribution in [3.05, 3.63) is 72.3 Å². The Morgan fingerprint density at radius 2 is 1.74 bits per heavy atom. The van der Waals surface area contributed by atoms with Crippen molar-refractivity contribution in [2.75, 3.05) is 37.7 Å². The number of para-hydroxylation sites is 1. The molecule has 6 nitrogen and oxygen atoms in total. The molecule has 2 aliphatic heterocycles. The van der Waals surface area contributed by atoms with E-state index in [4.69, 9.17) is 4.99 Å². The minimum Gasteiger partial charge on any atom is -0.343 e. The standard InChI is InChI=1S/C29H32N4O2/c1-3-32(4-2)28(34)23-12-9-17-31(19-23)20-33-26-14-8-7-13-25(26)27(29(33)35)30-24-16-15-21-10-5-6-11-22(21)18-24/h5-8,10-11,13-16,18,23H,3-4,9,12,17,19-20H2,1-2H3/t23-/m1/s1. The SMILES string of the molecule is CCN(CC)C(=O)[C@@H]1CCCN(CN2C(=O)C(=Nc3ccc4ccccc4c3)c3ccccc32)C1. The van der Waals surface area contributed by atoms with E-state index in [0.717, 1.165) is 60.2 Å². The van der Waals surface area contributed by atoms with Crippen LogP contribution in [0.1, 0.15) is 32.3 Å². The summed E-state index contributed by atoms with van der Waals surface area (Å²) in [7, 11) is 0. The van der Waals surface area contributed by atoms with Gasteiger partial charge in [0.05, 0.1) is 24.0 Å². The molecule has 3 aromatic carbocycles. The van der Waals surface area contributed by atoms with Crippen molar-refractivity contribution >= 4 is 39.7 Å². The number of hydrogen-bond acceptors (Lipinski definition) is 4. The van der Waals surface area contributed by atoms with Crippen LogP contribution in [0.3, 0.4) is 0 Å². The maximum Gasteiger partial charge on any atom is 0.278 e. The Labute approximate surface area is 206 Å². The maximum absolute atomic E-state index is 13.6. The van der Waals surface area contributed by atoms with Gasteiger partial charge in [0.1, 0.15) is 5.71 Å². The highest BCUT2D eigenvalue weighted by Gasteiger charge is 2.36. The lowest BCUT2D eigenvalue weighted by atomic mass is 9.96. The van der Waals surface area contributed by atoms with Gasteiger partial charge in [0.15, 0.2) is 0 Å². The van der Waals surface area contributed by atoms with Crippen LogP contribution in [0, 0.1) is 5.92 Å². The molecule has 0 saturated carbocycles. The summed E-state index contributed by atoms with van der Waals surface area (Å²) in [5, 5.41) is 2.25. The number of benzene rings is 3. The molecule has 2 amide bonds. The number of fused-ring (bicyclic) bond motifs is 2. The molecule has 0 aromatic heterocycles. The molecule has 0 spiro atoms. The molecule has 3 aromatic rings. The number of rotatable bonds is 6. The van der Waals surface area contributed by atoms with Gasteiger partial charge in [-0.25, -0.2) is 4.99 Å². The lowest BCUT2D eigenvalue weighted by Gasteiger charge is -2.36. The molecule has 0 aliphatic carbocycles. The number of amides is 2. The third kappa shape index (κ3) is 4.58. The summed E-state index contributed by atoms with van der Waals surface area (Å²) in [5.74, 6) is 0.130. The van der Waals surface area contributed by atoms with Crippen LogP contribution in [-0.2, 0) is 9.59 Å². The number of carbonyl (C=O) groups excluding carboxylic acids is 2. The van der Waals surface area contributed by atoms with Crippen molar-refractivity contribution in [2.24, 2.45) is 10.9 Å². The summed E-state index contributed by atoms with van der Waals surface area (Å²) < 4.78 is 0. The minimum atomic E-state index is -0.0865. The Bertz CT molecular complexity index is 1280. The Hall–Kier alpha value is -3.51. The van der Waals surface area contributed by atoms with Gasteiger partial charge in [-0.1, -0.05) is 48.5 Å². The van der Waals surface area contributed by atoms with E-state index in [1.807, 2.05) is 78.2 Å². The number of aliphatic imine (C=N–C) groups is 1. The van der Waals surface area contributed by atoms with E-state index >= 15 is 0 Å². The van der Waals surface area contributed by atoms with Crippen LogP contribution in [0.15, 0.2) is 71.7 Å². The number of piperidine rings is 1. The molecule has 0 N–H and O–H groups in total. The zero-order valence-corrected chi connectivity index (χ0v) is 20.5. The topological polar surface area (TPSA) is 56.2 Å². The zero-order chi connectivity index (χ0) is 24.4. The number of nitrogens with zero attached hydrogens (tertiary/aromatic N) is 4. The molecule has 2 heterocycles. The van der Waals surface area contributed by atoms with Crippen molar-refractivity contribution in [1.82, 2.24) is 9.80 Å². The number of likely N-dealkylation sites (tertiary alicyclic amines) is 1. The fourth-order valence-electron chi connectivity index (χ4n) is 5.26. The molecule has 1 fully saturated rings. The van der Waals surface area contributed by atoms with Gasteiger partial charge in [0, 0.05) is 25.2 Å². The third-order valence-electron chi connectivity index (χ3n) is 7.14. The van der Waals surface area contributed by atoms with Gasteiger partial charge in [-0.3, -0.25) is 19.4 Å². The van der Waals surface area contributed by atoms with Crippen molar-refractivity contribution in [3.63, 3.8) is 0 Å². The smallest absolute Gasteiger partial charge is 0.278 e. The fraction of sp³-hybridized carbons (Fsp3) is 0.345. The number of anilines is 1. The van der Waals surface area contributed by atoms with Gasteiger partial charge in [0.25, 0.3) is 5.91 Å². The molecule has 0 unspecified atom stereocenters. The largest absolute Gasteiger partial charge is 0.343 e. The van der Waals surface area contributed by atoms with Crippen LogP contribution < -0.4 is 4.90 Å². The maximum atomic E-state index is 13.6. The summed E-state index contributed by atoms with van der Waals surface area (Å²) in [5.41, 5.74) is 2.99.